The van der Waals surface area contributed by atoms with Crippen molar-refractivity contribution in [1.82, 2.24) is 5.32 Å². The Morgan fingerprint density at radius 2 is 2.10 bits per heavy atom. The number of hydrogen-bond acceptors (Lipinski definition) is 4. The van der Waals surface area contributed by atoms with Crippen molar-refractivity contribution in [2.45, 2.75) is 38.2 Å². The molecule has 21 heavy (non-hydrogen) atoms. The van der Waals surface area contributed by atoms with Gasteiger partial charge in [0.05, 0.1) is 18.3 Å². The lowest BCUT2D eigenvalue weighted by Gasteiger charge is -2.22. The average Bonchev–Trinajstić information content (AvgIpc) is 2.52. The molecular weight excluding hydrogens is 266 g/mol. The molecule has 4 N–H and O–H groups in total. The van der Waals surface area contributed by atoms with E-state index in [-0.39, 0.29) is 5.91 Å². The minimum absolute atomic E-state index is 0.120. The fourth-order valence-corrected chi connectivity index (χ4v) is 2.68. The van der Waals surface area contributed by atoms with Crippen LogP contribution in [0.4, 0.5) is 11.4 Å². The minimum Gasteiger partial charge on any atom is -0.399 e. The molecule has 1 aliphatic rings. The molecular formula is C16H25N3O2. The van der Waals surface area contributed by atoms with Crippen LogP contribution in [0.15, 0.2) is 18.2 Å². The van der Waals surface area contributed by atoms with Crippen LogP contribution in [-0.4, -0.2) is 32.2 Å². The van der Waals surface area contributed by atoms with Crippen molar-refractivity contribution in [2.75, 3.05) is 31.2 Å². The molecule has 2 rings (SSSR count). The number of amides is 1. The first-order chi connectivity index (χ1) is 10.2. The van der Waals surface area contributed by atoms with Crippen molar-refractivity contribution in [2.24, 2.45) is 0 Å². The molecule has 0 bridgehead atoms. The van der Waals surface area contributed by atoms with Gasteiger partial charge in [-0.2, -0.15) is 0 Å². The summed E-state index contributed by atoms with van der Waals surface area (Å²) in [6.07, 6.45) is 6.61. The summed E-state index contributed by atoms with van der Waals surface area (Å²) in [5.41, 5.74) is 7.78. The number of benzene rings is 1. The van der Waals surface area contributed by atoms with E-state index in [0.29, 0.717) is 30.5 Å². The van der Waals surface area contributed by atoms with Crippen LogP contribution in [-0.2, 0) is 4.74 Å². The van der Waals surface area contributed by atoms with Gasteiger partial charge >= 0.3 is 0 Å². The predicted molar refractivity (Wildman–Crippen MR) is 85.6 cm³/mol. The largest absolute Gasteiger partial charge is 0.399 e. The minimum atomic E-state index is -0.120. The summed E-state index contributed by atoms with van der Waals surface area (Å²) < 4.78 is 5.87. The van der Waals surface area contributed by atoms with Gasteiger partial charge in [0, 0.05) is 25.0 Å². The molecule has 1 fully saturated rings. The highest BCUT2D eigenvalue weighted by Crippen LogP contribution is 2.21. The lowest BCUT2D eigenvalue weighted by molar-refractivity contribution is 0.0347. The van der Waals surface area contributed by atoms with E-state index < -0.39 is 0 Å². The van der Waals surface area contributed by atoms with Gasteiger partial charge in [0.1, 0.15) is 0 Å². The molecule has 0 heterocycles. The van der Waals surface area contributed by atoms with Gasteiger partial charge in [-0.15, -0.1) is 0 Å². The zero-order valence-electron chi connectivity index (χ0n) is 12.7. The summed E-state index contributed by atoms with van der Waals surface area (Å²) in [5, 5.41) is 5.88. The number of ether oxygens (including phenoxy) is 1. The first-order valence-corrected chi connectivity index (χ1v) is 7.68. The Hall–Kier alpha value is -1.75. The summed E-state index contributed by atoms with van der Waals surface area (Å²) in [6, 6.07) is 5.25. The van der Waals surface area contributed by atoms with Crippen molar-refractivity contribution in [1.29, 1.82) is 0 Å². The Balaban J connectivity index is 1.84. The molecule has 0 spiro atoms. The Morgan fingerprint density at radius 1 is 1.33 bits per heavy atom. The van der Waals surface area contributed by atoms with Crippen LogP contribution in [0.5, 0.6) is 0 Å². The highest BCUT2D eigenvalue weighted by Gasteiger charge is 2.14. The molecule has 0 aliphatic heterocycles. The van der Waals surface area contributed by atoms with Gasteiger partial charge in [-0.25, -0.2) is 0 Å². The molecule has 1 saturated carbocycles. The van der Waals surface area contributed by atoms with Crippen LogP contribution in [0.1, 0.15) is 42.5 Å². The van der Waals surface area contributed by atoms with Gasteiger partial charge in [0.25, 0.3) is 5.91 Å². The molecule has 1 aromatic rings. The molecule has 0 aromatic heterocycles. The summed E-state index contributed by atoms with van der Waals surface area (Å²) in [7, 11) is 1.62. The van der Waals surface area contributed by atoms with Gasteiger partial charge < -0.3 is 21.1 Å². The number of nitrogens with two attached hydrogens (primary N) is 1. The summed E-state index contributed by atoms with van der Waals surface area (Å²) >= 11 is 0. The Bertz CT molecular complexity index is 471. The van der Waals surface area contributed by atoms with Crippen molar-refractivity contribution >= 4 is 17.3 Å². The average molecular weight is 291 g/mol. The topological polar surface area (TPSA) is 76.4 Å². The SMILES string of the molecule is CNC(=O)c1ccc(N)cc1NCCOC1CCCCC1. The predicted octanol–water partition coefficient (Wildman–Crippen LogP) is 2.39. The number of hydrogen-bond donors (Lipinski definition) is 3. The van der Waals surface area contributed by atoms with Crippen LogP contribution in [0.25, 0.3) is 0 Å². The third-order valence-corrected chi connectivity index (χ3v) is 3.84. The van der Waals surface area contributed by atoms with Crippen molar-refractivity contribution in [3.8, 4) is 0 Å². The van der Waals surface area contributed by atoms with E-state index in [0.717, 1.165) is 5.69 Å². The van der Waals surface area contributed by atoms with E-state index in [4.69, 9.17) is 10.5 Å². The Kier molecular flexibility index (Phi) is 5.87. The fraction of sp³-hybridized carbons (Fsp3) is 0.562. The van der Waals surface area contributed by atoms with Crippen LogP contribution < -0.4 is 16.4 Å². The maximum atomic E-state index is 11.8. The number of anilines is 2. The van der Waals surface area contributed by atoms with E-state index in [2.05, 4.69) is 10.6 Å². The molecule has 5 nitrogen and oxygen atoms in total. The first kappa shape index (κ1) is 15.6. The molecule has 0 atom stereocenters. The molecule has 116 valence electrons. The molecule has 1 aliphatic carbocycles. The third kappa shape index (κ3) is 4.63. The highest BCUT2D eigenvalue weighted by molar-refractivity contribution is 6.00. The third-order valence-electron chi connectivity index (χ3n) is 3.84. The van der Waals surface area contributed by atoms with Crippen molar-refractivity contribution in [3.05, 3.63) is 23.8 Å². The second-order valence-electron chi connectivity index (χ2n) is 5.44. The van der Waals surface area contributed by atoms with Gasteiger partial charge in [0.15, 0.2) is 0 Å². The molecule has 1 aromatic carbocycles. The van der Waals surface area contributed by atoms with Crippen molar-refractivity contribution in [3.63, 3.8) is 0 Å². The normalized spacial score (nSPS) is 15.7. The first-order valence-electron chi connectivity index (χ1n) is 7.68. The van der Waals surface area contributed by atoms with E-state index in [1.165, 1.54) is 32.1 Å². The number of carbonyl (C=O) groups excluding carboxylic acids is 1. The van der Waals surface area contributed by atoms with Crippen LogP contribution in [0, 0.1) is 0 Å². The van der Waals surface area contributed by atoms with Gasteiger partial charge in [0.2, 0.25) is 0 Å². The maximum Gasteiger partial charge on any atom is 0.253 e. The van der Waals surface area contributed by atoms with E-state index in [1.54, 1.807) is 25.2 Å². The van der Waals surface area contributed by atoms with Gasteiger partial charge in [-0.1, -0.05) is 19.3 Å². The molecule has 1 amide bonds. The maximum absolute atomic E-state index is 11.8. The zero-order chi connectivity index (χ0) is 15.1. The highest BCUT2D eigenvalue weighted by atomic mass is 16.5. The molecule has 0 unspecified atom stereocenters. The van der Waals surface area contributed by atoms with Crippen LogP contribution in [0.3, 0.4) is 0 Å². The second-order valence-corrected chi connectivity index (χ2v) is 5.44. The number of carbonyl (C=O) groups is 1. The van der Waals surface area contributed by atoms with E-state index in [9.17, 15) is 4.79 Å². The quantitative estimate of drug-likeness (QED) is 0.555. The number of nitrogens with one attached hydrogen (secondary N) is 2. The van der Waals surface area contributed by atoms with Crippen molar-refractivity contribution < 1.29 is 9.53 Å². The number of rotatable bonds is 6. The lowest BCUT2D eigenvalue weighted by Crippen LogP contribution is -2.22. The van der Waals surface area contributed by atoms with E-state index >= 15 is 0 Å². The number of nitrogen functional groups attached to an aromatic ring is 1. The van der Waals surface area contributed by atoms with Gasteiger partial charge in [-0.3, -0.25) is 4.79 Å². The standard InChI is InChI=1S/C16H25N3O2/c1-18-16(20)14-8-7-12(17)11-15(14)19-9-10-21-13-5-3-2-4-6-13/h7-8,11,13,19H,2-6,9-10,17H2,1H3,(H,18,20). The summed E-state index contributed by atoms with van der Waals surface area (Å²) in [5.74, 6) is -0.120. The monoisotopic (exact) mass is 291 g/mol. The summed E-state index contributed by atoms with van der Waals surface area (Å²) in [4.78, 5) is 11.8. The van der Waals surface area contributed by atoms with E-state index in [1.807, 2.05) is 0 Å². The lowest BCUT2D eigenvalue weighted by atomic mass is 9.98. The van der Waals surface area contributed by atoms with Crippen LogP contribution >= 0.6 is 0 Å². The molecule has 0 saturated heterocycles. The fourth-order valence-electron chi connectivity index (χ4n) is 2.68. The second kappa shape index (κ2) is 7.88. The van der Waals surface area contributed by atoms with Crippen LogP contribution in [0.2, 0.25) is 0 Å². The Morgan fingerprint density at radius 3 is 2.81 bits per heavy atom. The molecule has 5 heteroatoms. The zero-order valence-corrected chi connectivity index (χ0v) is 12.7. The smallest absolute Gasteiger partial charge is 0.253 e. The summed E-state index contributed by atoms with van der Waals surface area (Å²) in [6.45, 7) is 1.32. The Labute approximate surface area is 126 Å². The van der Waals surface area contributed by atoms with Gasteiger partial charge in [-0.05, 0) is 31.0 Å². The molecule has 0 radical (unpaired) electrons.